The van der Waals surface area contributed by atoms with E-state index in [1.54, 1.807) is 0 Å². The molecule has 0 aliphatic carbocycles. The van der Waals surface area contributed by atoms with Crippen molar-refractivity contribution in [3.05, 3.63) is 0 Å². The van der Waals surface area contributed by atoms with Gasteiger partial charge in [-0.05, 0) is 0 Å². The highest BCUT2D eigenvalue weighted by Crippen LogP contribution is 1.73. The van der Waals surface area contributed by atoms with Crippen molar-refractivity contribution in [1.29, 1.82) is 0 Å². The van der Waals surface area contributed by atoms with Crippen LogP contribution in [-0.2, 0) is 0 Å². The summed E-state index contributed by atoms with van der Waals surface area (Å²) in [5.41, 5.74) is 0. The maximum Gasteiger partial charge on any atom is 0.187 e. The van der Waals surface area contributed by atoms with Gasteiger partial charge in [0.05, 0.1) is 5.34 Å². The first-order chi connectivity index (χ1) is 1.41. The van der Waals surface area contributed by atoms with Crippen LogP contribution in [-0.4, -0.2) is 28.2 Å². The summed E-state index contributed by atoms with van der Waals surface area (Å²) in [6, 6.07) is 0. The van der Waals surface area contributed by atoms with Gasteiger partial charge in [0.25, 0.3) is 0 Å². The Morgan fingerprint density at radius 1 is 1.20 bits per heavy atom. The molecule has 0 radical (unpaired) electrons. The van der Waals surface area contributed by atoms with E-state index in [4.69, 9.17) is 23.2 Å². The number of alkyl halides is 2. The molecule has 4 heteroatoms. The first-order valence-corrected chi connectivity index (χ1v) is 1.60. The molecule has 0 heterocycles. The molecule has 0 amide bonds. The third-order valence-corrected chi connectivity index (χ3v) is 0. The second kappa shape index (κ2) is 19.6. The fourth-order valence-electron chi connectivity index (χ4n) is 0. The Bertz CT molecular complexity index is 9.61. The van der Waals surface area contributed by atoms with Crippen molar-refractivity contribution >= 4 is 40.6 Å². The largest absolute Gasteiger partial charge is 0.412 e. The van der Waals surface area contributed by atoms with E-state index in [2.05, 4.69) is 0 Å². The third kappa shape index (κ3) is 41.6. The lowest BCUT2D eigenvalue weighted by molar-refractivity contribution is 0.824. The predicted molar refractivity (Wildman–Crippen MR) is 30.1 cm³/mol. The molecule has 0 unspecified atom stereocenters. The highest BCUT2D eigenvalue weighted by Gasteiger charge is 1.41. The van der Waals surface area contributed by atoms with Crippen LogP contribution in [0, 0.1) is 0 Å². The van der Waals surface area contributed by atoms with Crippen LogP contribution in [0.25, 0.3) is 0 Å². The van der Waals surface area contributed by atoms with Gasteiger partial charge in [-0.2, -0.15) is 0 Å². The molecule has 0 saturated heterocycles. The van der Waals surface area contributed by atoms with Crippen molar-refractivity contribution < 1.29 is 5.48 Å². The molecule has 0 aromatic rings. The van der Waals surface area contributed by atoms with Crippen molar-refractivity contribution in [2.75, 3.05) is 5.34 Å². The Balaban J connectivity index is -0.0000000200. The first-order valence-electron chi connectivity index (χ1n) is 0.535. The quantitative estimate of drug-likeness (QED) is 0.312. The van der Waals surface area contributed by atoms with E-state index in [1.807, 2.05) is 0 Å². The van der Waals surface area contributed by atoms with Gasteiger partial charge in [-0.25, -0.2) is 0 Å². The minimum absolute atomic E-state index is 0. The lowest BCUT2D eigenvalue weighted by Crippen LogP contribution is -1.24. The minimum Gasteiger partial charge on any atom is -0.412 e. The van der Waals surface area contributed by atoms with Gasteiger partial charge in [-0.3, -0.25) is 0 Å². The molecule has 0 atom stereocenters. The van der Waals surface area contributed by atoms with E-state index < -0.39 is 0 Å². The summed E-state index contributed by atoms with van der Waals surface area (Å²) in [7, 11) is 0. The smallest absolute Gasteiger partial charge is 0.187 e. The van der Waals surface area contributed by atoms with Crippen LogP contribution in [0.15, 0.2) is 0 Å². The average Bonchev–Trinajstić information content (AvgIpc) is 0.918. The zero-order chi connectivity index (χ0) is 2.71. The summed E-state index contributed by atoms with van der Waals surface area (Å²) in [4.78, 5) is 0. The van der Waals surface area contributed by atoms with E-state index in [0.29, 0.717) is 0 Å². The molecule has 0 spiro atoms. The Morgan fingerprint density at radius 3 is 1.20 bits per heavy atom. The lowest BCUT2D eigenvalue weighted by atomic mass is 11.9. The predicted octanol–water partition coefficient (Wildman–Crippen LogP) is -0.587. The normalized spacial score (nSPS) is 3.60. The Kier molecular flexibility index (Phi) is 64.8. The molecule has 0 aliphatic rings. The molecule has 34 valence electrons. The van der Waals surface area contributed by atoms with Crippen molar-refractivity contribution in [3.8, 4) is 0 Å². The van der Waals surface area contributed by atoms with Crippen LogP contribution >= 0.6 is 23.2 Å². The van der Waals surface area contributed by atoms with E-state index >= 15 is 0 Å². The molecule has 0 fully saturated rings. The molecule has 1 nitrogen and oxygen atoms in total. The zero-order valence-corrected chi connectivity index (χ0v) is 3.47. The lowest BCUT2D eigenvalue weighted by Gasteiger charge is -1.42. The highest BCUT2D eigenvalue weighted by atomic mass is 35.5. The maximum absolute atomic E-state index is 4.76. The van der Waals surface area contributed by atoms with Crippen LogP contribution < -0.4 is 0 Å². The zero-order valence-electron chi connectivity index (χ0n) is 1.96. The molecular formula is CH7AlCl2O. The van der Waals surface area contributed by atoms with Gasteiger partial charge in [0.15, 0.2) is 17.4 Å². The molecule has 0 bridgehead atoms. The number of hydrogen-bond donors (Lipinski definition) is 0. The van der Waals surface area contributed by atoms with Crippen LogP contribution in [0.3, 0.4) is 0 Å². The fourth-order valence-corrected chi connectivity index (χ4v) is 0. The van der Waals surface area contributed by atoms with Gasteiger partial charge >= 0.3 is 0 Å². The molecule has 5 heavy (non-hydrogen) atoms. The molecule has 0 aliphatic heterocycles. The van der Waals surface area contributed by atoms with E-state index in [9.17, 15) is 0 Å². The Hall–Kier alpha value is 1.07. The van der Waals surface area contributed by atoms with Gasteiger partial charge in [-0.15, -0.1) is 23.2 Å². The highest BCUT2D eigenvalue weighted by molar-refractivity contribution is 6.40. The molecule has 2 N–H and O–H groups in total. The molecule has 0 aromatic heterocycles. The Labute approximate surface area is 51.7 Å². The second-order valence-electron chi connectivity index (χ2n) is 0.101. The second-order valence-corrected chi connectivity index (χ2v) is 0.909. The van der Waals surface area contributed by atoms with Crippen molar-refractivity contribution in [2.45, 2.75) is 0 Å². The van der Waals surface area contributed by atoms with E-state index in [0.717, 1.165) is 0 Å². The number of hydrogen-bond acceptors (Lipinski definition) is 0. The van der Waals surface area contributed by atoms with Crippen molar-refractivity contribution in [1.82, 2.24) is 0 Å². The summed E-state index contributed by atoms with van der Waals surface area (Å²) in [5, 5.41) is 0.194. The first kappa shape index (κ1) is 16.6. The maximum atomic E-state index is 4.76. The molecular weight excluding hydrogens is 126 g/mol. The number of halogens is 2. The molecule has 0 aromatic carbocycles. The SMILES string of the molecule is ClCCl.O.[AlH3]. The standard InChI is InChI=1S/CH2Cl2.Al.H2O.3H/c2-1-3;;;;;/h1H2;;1H2;;;. The molecule has 0 rings (SSSR count). The van der Waals surface area contributed by atoms with E-state index in [1.165, 1.54) is 0 Å². The number of rotatable bonds is 0. The topological polar surface area (TPSA) is 31.5 Å². The van der Waals surface area contributed by atoms with E-state index in [-0.39, 0.29) is 28.2 Å². The summed E-state index contributed by atoms with van der Waals surface area (Å²) < 4.78 is 0. The van der Waals surface area contributed by atoms with Gasteiger partial charge in [-0.1, -0.05) is 0 Å². The van der Waals surface area contributed by atoms with Crippen LogP contribution in [0.2, 0.25) is 0 Å². The van der Waals surface area contributed by atoms with Crippen molar-refractivity contribution in [3.63, 3.8) is 0 Å². The average molecular weight is 133 g/mol. The van der Waals surface area contributed by atoms with Gasteiger partial charge in [0.2, 0.25) is 0 Å². The fraction of sp³-hybridized carbons (Fsp3) is 1.00. The Morgan fingerprint density at radius 2 is 1.20 bits per heavy atom. The molecule has 0 saturated carbocycles. The summed E-state index contributed by atoms with van der Waals surface area (Å²) >= 11 is 9.53. The van der Waals surface area contributed by atoms with Crippen LogP contribution in [0.5, 0.6) is 0 Å². The van der Waals surface area contributed by atoms with Crippen LogP contribution in [0.1, 0.15) is 0 Å². The third-order valence-electron chi connectivity index (χ3n) is 0. The van der Waals surface area contributed by atoms with Gasteiger partial charge < -0.3 is 5.48 Å². The summed E-state index contributed by atoms with van der Waals surface area (Å²) in [6.45, 7) is 0. The summed E-state index contributed by atoms with van der Waals surface area (Å²) in [6.07, 6.45) is 0. The van der Waals surface area contributed by atoms with Crippen LogP contribution in [0.4, 0.5) is 0 Å². The van der Waals surface area contributed by atoms with Crippen molar-refractivity contribution in [2.24, 2.45) is 0 Å². The van der Waals surface area contributed by atoms with Gasteiger partial charge in [0, 0.05) is 0 Å². The minimum atomic E-state index is 0. The van der Waals surface area contributed by atoms with Gasteiger partial charge in [0.1, 0.15) is 0 Å². The monoisotopic (exact) mass is 132 g/mol. The summed E-state index contributed by atoms with van der Waals surface area (Å²) in [5.74, 6) is 0.